The molecule has 0 aromatic carbocycles. The van der Waals surface area contributed by atoms with Crippen LogP contribution in [-0.2, 0) is 6.42 Å². The monoisotopic (exact) mass is 219 g/mol. The Morgan fingerprint density at radius 1 is 1.19 bits per heavy atom. The first-order chi connectivity index (χ1) is 7.72. The third-order valence-electron chi connectivity index (χ3n) is 3.17. The molecule has 0 saturated heterocycles. The van der Waals surface area contributed by atoms with E-state index in [4.69, 9.17) is 0 Å². The zero-order chi connectivity index (χ0) is 11.8. The van der Waals surface area contributed by atoms with Gasteiger partial charge in [0.1, 0.15) is 0 Å². The van der Waals surface area contributed by atoms with E-state index < -0.39 is 0 Å². The zero-order valence-electron chi connectivity index (χ0n) is 11.0. The summed E-state index contributed by atoms with van der Waals surface area (Å²) in [6.45, 7) is 6.68. The van der Waals surface area contributed by atoms with Crippen LogP contribution in [0.25, 0.3) is 0 Å². The van der Waals surface area contributed by atoms with Crippen molar-refractivity contribution >= 4 is 0 Å². The molecule has 1 unspecified atom stereocenters. The van der Waals surface area contributed by atoms with E-state index in [1.54, 1.807) is 0 Å². The lowest BCUT2D eigenvalue weighted by molar-refractivity contribution is 0.461. The van der Waals surface area contributed by atoms with Crippen molar-refractivity contribution in [2.45, 2.75) is 59.3 Å². The minimum absolute atomic E-state index is 0.904. The fraction of sp³-hybridized carbons (Fsp3) is 0.667. The maximum atomic E-state index is 4.32. The molecule has 1 heteroatoms. The number of unbranched alkanes of at least 4 members (excludes halogenated alkanes) is 1. The minimum atomic E-state index is 0.904. The van der Waals surface area contributed by atoms with Gasteiger partial charge in [-0.3, -0.25) is 4.98 Å². The fourth-order valence-corrected chi connectivity index (χ4v) is 2.11. The molecule has 0 fully saturated rings. The lowest BCUT2D eigenvalue weighted by Crippen LogP contribution is -1.95. The Kier molecular flexibility index (Phi) is 6.14. The highest BCUT2D eigenvalue weighted by Gasteiger charge is 2.00. The Balaban J connectivity index is 2.13. The van der Waals surface area contributed by atoms with E-state index in [-0.39, 0.29) is 0 Å². The van der Waals surface area contributed by atoms with Crippen LogP contribution < -0.4 is 0 Å². The molecular weight excluding hydrogens is 194 g/mol. The fourth-order valence-electron chi connectivity index (χ4n) is 2.11. The predicted octanol–water partition coefficient (Wildman–Crippen LogP) is 4.54. The molecule has 0 aliphatic rings. The molecule has 16 heavy (non-hydrogen) atoms. The van der Waals surface area contributed by atoms with Gasteiger partial charge in [0, 0.05) is 11.9 Å². The van der Waals surface area contributed by atoms with E-state index >= 15 is 0 Å². The average Bonchev–Trinajstić information content (AvgIpc) is 2.27. The molecule has 0 spiro atoms. The molecule has 0 N–H and O–H groups in total. The number of nitrogens with zero attached hydrogens (tertiary/aromatic N) is 1. The van der Waals surface area contributed by atoms with Crippen LogP contribution in [0.2, 0.25) is 0 Å². The van der Waals surface area contributed by atoms with Gasteiger partial charge in [-0.05, 0) is 37.3 Å². The summed E-state index contributed by atoms with van der Waals surface area (Å²) in [5, 5.41) is 0. The van der Waals surface area contributed by atoms with E-state index in [0.29, 0.717) is 0 Å². The normalized spacial score (nSPS) is 12.7. The molecule has 1 atom stereocenters. The summed E-state index contributed by atoms with van der Waals surface area (Å²) >= 11 is 0. The van der Waals surface area contributed by atoms with Crippen molar-refractivity contribution in [2.75, 3.05) is 0 Å². The van der Waals surface area contributed by atoms with Crippen LogP contribution in [0.5, 0.6) is 0 Å². The molecule has 0 bridgehead atoms. The molecule has 0 aliphatic carbocycles. The van der Waals surface area contributed by atoms with Crippen molar-refractivity contribution in [3.05, 3.63) is 29.6 Å². The van der Waals surface area contributed by atoms with Crippen LogP contribution in [0.4, 0.5) is 0 Å². The summed E-state index contributed by atoms with van der Waals surface area (Å²) in [5.74, 6) is 0.904. The molecule has 0 amide bonds. The molecule has 90 valence electrons. The van der Waals surface area contributed by atoms with Crippen LogP contribution in [0.15, 0.2) is 18.3 Å². The molecule has 0 aliphatic heterocycles. The quantitative estimate of drug-likeness (QED) is 0.614. The number of hydrogen-bond donors (Lipinski definition) is 0. The first-order valence-corrected chi connectivity index (χ1v) is 6.64. The lowest BCUT2D eigenvalue weighted by atomic mass is 9.98. The summed E-state index contributed by atoms with van der Waals surface area (Å²) in [6, 6.07) is 4.31. The summed E-state index contributed by atoms with van der Waals surface area (Å²) in [5.41, 5.74) is 2.49. The standard InChI is InChI=1S/C15H25N/c1-4-7-13(2)8-5-6-9-15-11-10-14(3)16-12-15/h10-13H,4-9H2,1-3H3. The Labute approximate surface area is 100 Å². The van der Waals surface area contributed by atoms with Gasteiger partial charge in [-0.25, -0.2) is 0 Å². The molecule has 1 rings (SSSR count). The van der Waals surface area contributed by atoms with Gasteiger partial charge in [-0.2, -0.15) is 0 Å². The van der Waals surface area contributed by atoms with Gasteiger partial charge >= 0.3 is 0 Å². The molecule has 0 saturated carbocycles. The third-order valence-corrected chi connectivity index (χ3v) is 3.17. The van der Waals surface area contributed by atoms with Crippen LogP contribution in [0.1, 0.15) is 57.2 Å². The van der Waals surface area contributed by atoms with Gasteiger partial charge in [-0.1, -0.05) is 45.6 Å². The van der Waals surface area contributed by atoms with Crippen molar-refractivity contribution in [2.24, 2.45) is 5.92 Å². The SMILES string of the molecule is CCCC(C)CCCCc1ccc(C)nc1. The van der Waals surface area contributed by atoms with Crippen LogP contribution in [-0.4, -0.2) is 4.98 Å². The van der Waals surface area contributed by atoms with E-state index in [0.717, 1.165) is 11.6 Å². The second-order valence-electron chi connectivity index (χ2n) is 4.95. The minimum Gasteiger partial charge on any atom is -0.261 e. The van der Waals surface area contributed by atoms with Gasteiger partial charge in [0.2, 0.25) is 0 Å². The van der Waals surface area contributed by atoms with E-state index in [1.165, 1.54) is 44.1 Å². The van der Waals surface area contributed by atoms with E-state index in [9.17, 15) is 0 Å². The Bertz CT molecular complexity index is 276. The summed E-state index contributed by atoms with van der Waals surface area (Å²) < 4.78 is 0. The zero-order valence-corrected chi connectivity index (χ0v) is 11.0. The maximum absolute atomic E-state index is 4.32. The smallest absolute Gasteiger partial charge is 0.0372 e. The van der Waals surface area contributed by atoms with Gasteiger partial charge in [0.25, 0.3) is 0 Å². The van der Waals surface area contributed by atoms with Crippen molar-refractivity contribution in [1.82, 2.24) is 4.98 Å². The highest BCUT2D eigenvalue weighted by atomic mass is 14.6. The molecule has 1 aromatic rings. The largest absolute Gasteiger partial charge is 0.261 e. The number of pyridine rings is 1. The molecule has 1 nitrogen and oxygen atoms in total. The highest BCUT2D eigenvalue weighted by molar-refractivity contribution is 5.12. The van der Waals surface area contributed by atoms with Crippen LogP contribution in [0.3, 0.4) is 0 Å². The molecular formula is C15H25N. The Morgan fingerprint density at radius 3 is 2.62 bits per heavy atom. The third kappa shape index (κ3) is 5.29. The lowest BCUT2D eigenvalue weighted by Gasteiger charge is -2.09. The van der Waals surface area contributed by atoms with Crippen LogP contribution >= 0.6 is 0 Å². The Morgan fingerprint density at radius 2 is 2.00 bits per heavy atom. The van der Waals surface area contributed by atoms with Crippen molar-refractivity contribution in [3.8, 4) is 0 Å². The average molecular weight is 219 g/mol. The molecule has 1 aromatic heterocycles. The van der Waals surface area contributed by atoms with Crippen LogP contribution in [0, 0.1) is 12.8 Å². The summed E-state index contributed by atoms with van der Waals surface area (Å²) in [4.78, 5) is 4.32. The van der Waals surface area contributed by atoms with Crippen molar-refractivity contribution < 1.29 is 0 Å². The van der Waals surface area contributed by atoms with Gasteiger partial charge in [-0.15, -0.1) is 0 Å². The highest BCUT2D eigenvalue weighted by Crippen LogP contribution is 2.15. The first-order valence-electron chi connectivity index (χ1n) is 6.64. The van der Waals surface area contributed by atoms with E-state index in [1.807, 2.05) is 13.1 Å². The maximum Gasteiger partial charge on any atom is 0.0372 e. The van der Waals surface area contributed by atoms with Gasteiger partial charge < -0.3 is 0 Å². The number of rotatable bonds is 7. The number of aryl methyl sites for hydroxylation is 2. The molecule has 1 heterocycles. The number of aromatic nitrogens is 1. The first kappa shape index (κ1) is 13.2. The number of hydrogen-bond acceptors (Lipinski definition) is 1. The summed E-state index contributed by atoms with van der Waals surface area (Å²) in [6.07, 6.45) is 9.95. The van der Waals surface area contributed by atoms with E-state index in [2.05, 4.69) is 31.0 Å². The summed E-state index contributed by atoms with van der Waals surface area (Å²) in [7, 11) is 0. The second-order valence-corrected chi connectivity index (χ2v) is 4.95. The predicted molar refractivity (Wildman–Crippen MR) is 70.6 cm³/mol. The Hall–Kier alpha value is -0.850. The van der Waals surface area contributed by atoms with Crippen molar-refractivity contribution in [1.29, 1.82) is 0 Å². The molecule has 0 radical (unpaired) electrons. The topological polar surface area (TPSA) is 12.9 Å². The van der Waals surface area contributed by atoms with Gasteiger partial charge in [0.15, 0.2) is 0 Å². The second kappa shape index (κ2) is 7.43. The van der Waals surface area contributed by atoms with Crippen molar-refractivity contribution in [3.63, 3.8) is 0 Å². The van der Waals surface area contributed by atoms with Gasteiger partial charge in [0.05, 0.1) is 0 Å².